The molecular weight excluding hydrogens is 406 g/mol. The second-order valence-corrected chi connectivity index (χ2v) is 7.62. The third-order valence-electron chi connectivity index (χ3n) is 5.18. The number of nitrogens with one attached hydrogen (secondary N) is 1. The van der Waals surface area contributed by atoms with Crippen molar-refractivity contribution in [3.05, 3.63) is 47.5 Å². The van der Waals surface area contributed by atoms with E-state index in [0.29, 0.717) is 36.1 Å². The number of para-hydroxylation sites is 1. The lowest BCUT2D eigenvalue weighted by atomic mass is 10.2. The van der Waals surface area contributed by atoms with Gasteiger partial charge < -0.3 is 24.6 Å². The van der Waals surface area contributed by atoms with Gasteiger partial charge in [0, 0.05) is 31.7 Å². The molecule has 7 nitrogen and oxygen atoms in total. The Hall–Kier alpha value is -2.77. The van der Waals surface area contributed by atoms with E-state index in [-0.39, 0.29) is 18.4 Å². The number of morpholine rings is 1. The molecule has 0 saturated carbocycles. The Kier molecular flexibility index (Phi) is 6.40. The third-order valence-corrected chi connectivity index (χ3v) is 5.48. The number of carbonyl (C=O) groups is 2. The van der Waals surface area contributed by atoms with E-state index in [4.69, 9.17) is 21.1 Å². The Morgan fingerprint density at radius 3 is 2.57 bits per heavy atom. The first-order valence-electron chi connectivity index (χ1n) is 10.1. The van der Waals surface area contributed by atoms with Crippen LogP contribution in [0.3, 0.4) is 0 Å². The zero-order valence-corrected chi connectivity index (χ0v) is 17.4. The van der Waals surface area contributed by atoms with Crippen molar-refractivity contribution in [1.29, 1.82) is 0 Å². The van der Waals surface area contributed by atoms with E-state index >= 15 is 0 Å². The number of anilines is 3. The Balaban J connectivity index is 1.36. The molecule has 0 atom stereocenters. The smallest absolute Gasteiger partial charge is 0.262 e. The molecule has 4 rings (SSSR count). The van der Waals surface area contributed by atoms with Crippen LogP contribution in [0.1, 0.15) is 12.8 Å². The molecule has 2 amide bonds. The van der Waals surface area contributed by atoms with Crippen molar-refractivity contribution in [3.63, 3.8) is 0 Å². The molecule has 2 aliphatic rings. The van der Waals surface area contributed by atoms with Crippen LogP contribution in [0.2, 0.25) is 5.02 Å². The van der Waals surface area contributed by atoms with Crippen LogP contribution < -0.4 is 19.9 Å². The van der Waals surface area contributed by atoms with Gasteiger partial charge in [0.2, 0.25) is 5.91 Å². The second-order valence-electron chi connectivity index (χ2n) is 7.22. The highest BCUT2D eigenvalue weighted by molar-refractivity contribution is 6.34. The van der Waals surface area contributed by atoms with Gasteiger partial charge in [0.15, 0.2) is 6.61 Å². The van der Waals surface area contributed by atoms with Crippen LogP contribution in [0.15, 0.2) is 42.5 Å². The van der Waals surface area contributed by atoms with Gasteiger partial charge in [-0.15, -0.1) is 0 Å². The number of halogens is 1. The topological polar surface area (TPSA) is 71.1 Å². The average Bonchev–Trinajstić information content (AvgIpc) is 3.19. The van der Waals surface area contributed by atoms with E-state index < -0.39 is 0 Å². The molecule has 1 N–H and O–H groups in total. The summed E-state index contributed by atoms with van der Waals surface area (Å²) >= 11 is 6.41. The molecule has 0 bridgehead atoms. The minimum atomic E-state index is -0.273. The molecule has 0 unspecified atom stereocenters. The molecule has 0 aliphatic carbocycles. The highest BCUT2D eigenvalue weighted by atomic mass is 35.5. The van der Waals surface area contributed by atoms with Crippen LogP contribution in [0.5, 0.6) is 5.75 Å². The average molecular weight is 430 g/mol. The zero-order valence-electron chi connectivity index (χ0n) is 16.6. The number of hydrogen-bond acceptors (Lipinski definition) is 5. The minimum absolute atomic E-state index is 0.128. The molecule has 2 saturated heterocycles. The number of rotatable bonds is 6. The van der Waals surface area contributed by atoms with E-state index in [1.165, 1.54) is 0 Å². The lowest BCUT2D eigenvalue weighted by Crippen LogP contribution is -2.37. The highest BCUT2D eigenvalue weighted by Gasteiger charge is 2.22. The molecule has 158 valence electrons. The Morgan fingerprint density at radius 2 is 1.87 bits per heavy atom. The summed E-state index contributed by atoms with van der Waals surface area (Å²) in [5.74, 6) is 0.436. The predicted octanol–water partition coefficient (Wildman–Crippen LogP) is 3.32. The second kappa shape index (κ2) is 9.36. The maximum Gasteiger partial charge on any atom is 0.262 e. The lowest BCUT2D eigenvalue weighted by Gasteiger charge is -2.31. The fourth-order valence-electron chi connectivity index (χ4n) is 3.70. The molecule has 8 heteroatoms. The summed E-state index contributed by atoms with van der Waals surface area (Å²) in [5.41, 5.74) is 2.31. The molecule has 2 aromatic carbocycles. The van der Waals surface area contributed by atoms with Gasteiger partial charge in [-0.1, -0.05) is 17.7 Å². The summed E-state index contributed by atoms with van der Waals surface area (Å²) in [4.78, 5) is 28.2. The van der Waals surface area contributed by atoms with Crippen molar-refractivity contribution in [3.8, 4) is 5.75 Å². The summed E-state index contributed by atoms with van der Waals surface area (Å²) in [6.45, 7) is 3.30. The van der Waals surface area contributed by atoms with E-state index in [9.17, 15) is 9.59 Å². The van der Waals surface area contributed by atoms with E-state index in [0.717, 1.165) is 37.4 Å². The zero-order chi connectivity index (χ0) is 20.9. The van der Waals surface area contributed by atoms with Gasteiger partial charge in [-0.05, 0) is 42.8 Å². The van der Waals surface area contributed by atoms with E-state index in [2.05, 4.69) is 10.2 Å². The van der Waals surface area contributed by atoms with Gasteiger partial charge in [0.1, 0.15) is 5.75 Å². The number of amides is 2. The quantitative estimate of drug-likeness (QED) is 0.762. The predicted molar refractivity (Wildman–Crippen MR) is 117 cm³/mol. The minimum Gasteiger partial charge on any atom is -0.484 e. The van der Waals surface area contributed by atoms with Crippen LogP contribution in [0.4, 0.5) is 17.1 Å². The van der Waals surface area contributed by atoms with Gasteiger partial charge in [0.25, 0.3) is 5.91 Å². The summed E-state index contributed by atoms with van der Waals surface area (Å²) in [7, 11) is 0. The molecule has 2 aliphatic heterocycles. The lowest BCUT2D eigenvalue weighted by molar-refractivity contribution is -0.118. The maximum absolute atomic E-state index is 12.5. The van der Waals surface area contributed by atoms with Crippen molar-refractivity contribution in [2.45, 2.75) is 12.8 Å². The SMILES string of the molecule is O=C(COc1ccc(N2CCCC2=O)cc1)Nc1cccc(Cl)c1N1CCOCC1. The summed E-state index contributed by atoms with van der Waals surface area (Å²) < 4.78 is 11.0. The molecule has 0 spiro atoms. The molecule has 2 aromatic rings. The monoisotopic (exact) mass is 429 g/mol. The molecular formula is C22H24ClN3O4. The fraction of sp³-hybridized carbons (Fsp3) is 0.364. The fourth-order valence-corrected chi connectivity index (χ4v) is 4.00. The van der Waals surface area contributed by atoms with Crippen molar-refractivity contribution < 1.29 is 19.1 Å². The summed E-state index contributed by atoms with van der Waals surface area (Å²) in [5, 5.41) is 3.48. The molecule has 0 aromatic heterocycles. The Labute approximate surface area is 180 Å². The number of benzene rings is 2. The first kappa shape index (κ1) is 20.5. The van der Waals surface area contributed by atoms with Gasteiger partial charge in [0.05, 0.1) is 29.6 Å². The Bertz CT molecular complexity index is 913. The molecule has 2 fully saturated rings. The number of carbonyl (C=O) groups excluding carboxylic acids is 2. The summed E-state index contributed by atoms with van der Waals surface area (Å²) in [6, 6.07) is 12.7. The molecule has 30 heavy (non-hydrogen) atoms. The van der Waals surface area contributed by atoms with Crippen LogP contribution in [-0.4, -0.2) is 51.3 Å². The summed E-state index contributed by atoms with van der Waals surface area (Å²) in [6.07, 6.45) is 1.47. The van der Waals surface area contributed by atoms with Crippen molar-refractivity contribution in [2.24, 2.45) is 0 Å². The van der Waals surface area contributed by atoms with Gasteiger partial charge >= 0.3 is 0 Å². The van der Waals surface area contributed by atoms with E-state index in [1.807, 2.05) is 24.3 Å². The van der Waals surface area contributed by atoms with Gasteiger partial charge in [-0.3, -0.25) is 9.59 Å². The van der Waals surface area contributed by atoms with Crippen LogP contribution >= 0.6 is 11.6 Å². The Morgan fingerprint density at radius 1 is 1.10 bits per heavy atom. The van der Waals surface area contributed by atoms with Crippen molar-refractivity contribution in [2.75, 3.05) is 54.6 Å². The van der Waals surface area contributed by atoms with Crippen LogP contribution in [0, 0.1) is 0 Å². The normalized spacial score (nSPS) is 16.6. The van der Waals surface area contributed by atoms with Gasteiger partial charge in [-0.25, -0.2) is 0 Å². The number of ether oxygens (including phenoxy) is 2. The highest BCUT2D eigenvalue weighted by Crippen LogP contribution is 2.34. The maximum atomic E-state index is 12.5. The molecule has 2 heterocycles. The van der Waals surface area contributed by atoms with Crippen molar-refractivity contribution >= 4 is 40.5 Å². The van der Waals surface area contributed by atoms with Crippen molar-refractivity contribution in [1.82, 2.24) is 0 Å². The van der Waals surface area contributed by atoms with Crippen LogP contribution in [0.25, 0.3) is 0 Å². The molecule has 0 radical (unpaired) electrons. The number of hydrogen-bond donors (Lipinski definition) is 1. The largest absolute Gasteiger partial charge is 0.484 e. The first-order chi connectivity index (χ1) is 14.6. The number of nitrogens with zero attached hydrogens (tertiary/aromatic N) is 2. The van der Waals surface area contributed by atoms with Crippen LogP contribution in [-0.2, 0) is 14.3 Å². The first-order valence-corrected chi connectivity index (χ1v) is 10.4. The van der Waals surface area contributed by atoms with Gasteiger partial charge in [-0.2, -0.15) is 0 Å². The third kappa shape index (κ3) is 4.68. The standard InChI is InChI=1S/C22H24ClN3O4/c23-18-3-1-4-19(22(18)25-11-13-29-14-12-25)24-20(27)15-30-17-8-6-16(7-9-17)26-10-2-5-21(26)28/h1,3-4,6-9H,2,5,10-15H2,(H,24,27). The van der Waals surface area contributed by atoms with E-state index in [1.54, 1.807) is 23.1 Å².